The van der Waals surface area contributed by atoms with Crippen LogP contribution >= 0.6 is 0 Å². The number of amides is 1. The van der Waals surface area contributed by atoms with Crippen LogP contribution in [0, 0.1) is 6.92 Å². The van der Waals surface area contributed by atoms with Crippen molar-refractivity contribution in [2.45, 2.75) is 26.8 Å². The Hall–Kier alpha value is -3.01. The maximum Gasteiger partial charge on any atom is 0.251 e. The summed E-state index contributed by atoms with van der Waals surface area (Å²) in [4.78, 5) is 12.2. The van der Waals surface area contributed by atoms with E-state index in [0.717, 1.165) is 34.5 Å². The Bertz CT molecular complexity index is 911. The van der Waals surface area contributed by atoms with Gasteiger partial charge < -0.3 is 15.4 Å². The molecule has 25 heavy (non-hydrogen) atoms. The molecule has 128 valence electrons. The van der Waals surface area contributed by atoms with E-state index in [9.17, 15) is 9.90 Å². The van der Waals surface area contributed by atoms with Crippen LogP contribution in [0.4, 0.5) is 0 Å². The first-order valence-corrected chi connectivity index (χ1v) is 8.38. The SMILES string of the molecule is CCc1c(-c2cccc(O)c2)c(C(N)=O)c(C)n1Cc1ccccc1. The number of benzene rings is 2. The normalized spacial score (nSPS) is 10.8. The van der Waals surface area contributed by atoms with Gasteiger partial charge in [0.25, 0.3) is 5.91 Å². The van der Waals surface area contributed by atoms with Crippen molar-refractivity contribution in [3.05, 3.63) is 77.1 Å². The van der Waals surface area contributed by atoms with Gasteiger partial charge >= 0.3 is 0 Å². The summed E-state index contributed by atoms with van der Waals surface area (Å²) in [5.41, 5.74) is 10.9. The zero-order valence-corrected chi connectivity index (χ0v) is 14.5. The Kier molecular flexibility index (Phi) is 4.61. The maximum absolute atomic E-state index is 12.2. The lowest BCUT2D eigenvalue weighted by atomic mass is 9.98. The minimum atomic E-state index is -0.447. The number of aromatic nitrogens is 1. The molecule has 0 radical (unpaired) electrons. The summed E-state index contributed by atoms with van der Waals surface area (Å²) in [6.45, 7) is 4.66. The molecule has 0 aliphatic carbocycles. The van der Waals surface area contributed by atoms with Gasteiger partial charge in [0.15, 0.2) is 0 Å². The molecule has 4 nitrogen and oxygen atoms in total. The molecule has 0 atom stereocenters. The Balaban J connectivity index is 2.23. The molecule has 0 unspecified atom stereocenters. The van der Waals surface area contributed by atoms with Crippen molar-refractivity contribution < 1.29 is 9.90 Å². The molecule has 0 spiro atoms. The quantitative estimate of drug-likeness (QED) is 0.743. The first kappa shape index (κ1) is 16.8. The molecule has 3 aromatic rings. The van der Waals surface area contributed by atoms with E-state index in [-0.39, 0.29) is 5.75 Å². The first-order valence-electron chi connectivity index (χ1n) is 8.38. The van der Waals surface area contributed by atoms with Crippen LogP contribution in [0.1, 0.15) is 34.2 Å². The lowest BCUT2D eigenvalue weighted by Crippen LogP contribution is -2.13. The molecular weight excluding hydrogens is 312 g/mol. The third kappa shape index (κ3) is 3.15. The monoisotopic (exact) mass is 334 g/mol. The number of phenols is 1. The molecule has 2 aromatic carbocycles. The van der Waals surface area contributed by atoms with E-state index < -0.39 is 5.91 Å². The average molecular weight is 334 g/mol. The average Bonchev–Trinajstić information content (AvgIpc) is 2.88. The first-order chi connectivity index (χ1) is 12.0. The van der Waals surface area contributed by atoms with E-state index >= 15 is 0 Å². The van der Waals surface area contributed by atoms with Crippen molar-refractivity contribution in [1.29, 1.82) is 0 Å². The van der Waals surface area contributed by atoms with Crippen LogP contribution in [0.3, 0.4) is 0 Å². The van der Waals surface area contributed by atoms with E-state index in [4.69, 9.17) is 5.73 Å². The fourth-order valence-electron chi connectivity index (χ4n) is 3.42. The zero-order valence-electron chi connectivity index (χ0n) is 14.5. The molecule has 3 N–H and O–H groups in total. The molecule has 4 heteroatoms. The number of hydrogen-bond donors (Lipinski definition) is 2. The molecule has 1 heterocycles. The molecule has 3 rings (SSSR count). The van der Waals surface area contributed by atoms with Crippen molar-refractivity contribution in [2.24, 2.45) is 5.73 Å². The zero-order chi connectivity index (χ0) is 18.0. The molecule has 1 aromatic heterocycles. The molecule has 0 aliphatic rings. The maximum atomic E-state index is 12.2. The summed E-state index contributed by atoms with van der Waals surface area (Å²) in [6, 6.07) is 17.1. The molecule has 0 saturated heterocycles. The van der Waals surface area contributed by atoms with Crippen LogP contribution < -0.4 is 5.73 Å². The summed E-state index contributed by atoms with van der Waals surface area (Å²) in [5.74, 6) is -0.277. The van der Waals surface area contributed by atoms with Gasteiger partial charge in [0.2, 0.25) is 0 Å². The summed E-state index contributed by atoms with van der Waals surface area (Å²) >= 11 is 0. The van der Waals surface area contributed by atoms with E-state index in [0.29, 0.717) is 12.1 Å². The number of aromatic hydroxyl groups is 1. The van der Waals surface area contributed by atoms with E-state index in [1.807, 2.05) is 31.2 Å². The van der Waals surface area contributed by atoms with E-state index in [1.165, 1.54) is 0 Å². The van der Waals surface area contributed by atoms with Gasteiger partial charge in [-0.15, -0.1) is 0 Å². The van der Waals surface area contributed by atoms with Crippen LogP contribution in [0.5, 0.6) is 5.75 Å². The molecular formula is C21H22N2O2. The number of nitrogens with zero attached hydrogens (tertiary/aromatic N) is 1. The number of carbonyl (C=O) groups is 1. The largest absolute Gasteiger partial charge is 0.508 e. The number of rotatable bonds is 5. The van der Waals surface area contributed by atoms with Crippen molar-refractivity contribution in [2.75, 3.05) is 0 Å². The van der Waals surface area contributed by atoms with Crippen LogP contribution in [0.25, 0.3) is 11.1 Å². The summed E-state index contributed by atoms with van der Waals surface area (Å²) in [7, 11) is 0. The fraction of sp³-hybridized carbons (Fsp3) is 0.190. The number of nitrogens with two attached hydrogens (primary N) is 1. The van der Waals surface area contributed by atoms with Crippen molar-refractivity contribution >= 4 is 5.91 Å². The molecule has 0 fully saturated rings. The van der Waals surface area contributed by atoms with E-state index in [1.54, 1.807) is 18.2 Å². The van der Waals surface area contributed by atoms with Gasteiger partial charge in [0.05, 0.1) is 5.56 Å². The highest BCUT2D eigenvalue weighted by atomic mass is 16.3. The molecule has 1 amide bonds. The number of carbonyl (C=O) groups excluding carboxylic acids is 1. The fourth-order valence-corrected chi connectivity index (χ4v) is 3.42. The van der Waals surface area contributed by atoms with Crippen LogP contribution in [0.2, 0.25) is 0 Å². The van der Waals surface area contributed by atoms with Crippen molar-refractivity contribution in [3.63, 3.8) is 0 Å². The summed E-state index contributed by atoms with van der Waals surface area (Å²) < 4.78 is 2.15. The van der Waals surface area contributed by atoms with Gasteiger partial charge in [0, 0.05) is 23.5 Å². The third-order valence-corrected chi connectivity index (χ3v) is 4.53. The van der Waals surface area contributed by atoms with E-state index in [2.05, 4.69) is 23.6 Å². The second-order valence-corrected chi connectivity index (χ2v) is 6.12. The molecule has 0 aliphatic heterocycles. The smallest absolute Gasteiger partial charge is 0.251 e. The number of primary amides is 1. The molecule has 0 bridgehead atoms. The van der Waals surface area contributed by atoms with Gasteiger partial charge in [-0.2, -0.15) is 0 Å². The Morgan fingerprint density at radius 3 is 2.44 bits per heavy atom. The van der Waals surface area contributed by atoms with Crippen molar-refractivity contribution in [1.82, 2.24) is 4.57 Å². The van der Waals surface area contributed by atoms with Gasteiger partial charge in [-0.1, -0.05) is 49.4 Å². The van der Waals surface area contributed by atoms with Gasteiger partial charge in [-0.05, 0) is 36.6 Å². The number of phenolic OH excluding ortho intramolecular Hbond substituents is 1. The summed E-state index contributed by atoms with van der Waals surface area (Å²) in [5, 5.41) is 9.86. The Labute approximate surface area is 147 Å². The topological polar surface area (TPSA) is 68.2 Å². The highest BCUT2D eigenvalue weighted by Gasteiger charge is 2.24. The van der Waals surface area contributed by atoms with Gasteiger partial charge in [-0.3, -0.25) is 4.79 Å². The predicted molar refractivity (Wildman–Crippen MR) is 99.7 cm³/mol. The Morgan fingerprint density at radius 2 is 1.84 bits per heavy atom. The van der Waals surface area contributed by atoms with Crippen molar-refractivity contribution in [3.8, 4) is 16.9 Å². The van der Waals surface area contributed by atoms with Gasteiger partial charge in [-0.25, -0.2) is 0 Å². The predicted octanol–water partition coefficient (Wildman–Crippen LogP) is 3.88. The lowest BCUT2D eigenvalue weighted by Gasteiger charge is -2.12. The highest BCUT2D eigenvalue weighted by molar-refractivity contribution is 6.02. The van der Waals surface area contributed by atoms with Crippen LogP contribution in [-0.4, -0.2) is 15.6 Å². The third-order valence-electron chi connectivity index (χ3n) is 4.53. The highest BCUT2D eigenvalue weighted by Crippen LogP contribution is 2.35. The molecule has 0 saturated carbocycles. The Morgan fingerprint density at radius 1 is 1.12 bits per heavy atom. The van der Waals surface area contributed by atoms with Crippen LogP contribution in [-0.2, 0) is 13.0 Å². The van der Waals surface area contributed by atoms with Crippen LogP contribution in [0.15, 0.2) is 54.6 Å². The second kappa shape index (κ2) is 6.85. The minimum absolute atomic E-state index is 0.170. The second-order valence-electron chi connectivity index (χ2n) is 6.12. The standard InChI is InChI=1S/C21H22N2O2/c1-3-18-20(16-10-7-11-17(24)12-16)19(21(22)25)14(2)23(18)13-15-8-5-4-6-9-15/h4-12,24H,3,13H2,1-2H3,(H2,22,25). The van der Waals surface area contributed by atoms with Gasteiger partial charge in [0.1, 0.15) is 5.75 Å². The lowest BCUT2D eigenvalue weighted by molar-refractivity contribution is 0.1000. The number of hydrogen-bond acceptors (Lipinski definition) is 2. The minimum Gasteiger partial charge on any atom is -0.508 e. The summed E-state index contributed by atoms with van der Waals surface area (Å²) in [6.07, 6.45) is 0.756.